The molecule has 118 valence electrons. The maximum Gasteiger partial charge on any atom is 0.272 e. The van der Waals surface area contributed by atoms with Crippen LogP contribution in [0, 0.1) is 13.8 Å². The molecule has 1 saturated heterocycles. The number of hydrogen-bond donors (Lipinski definition) is 0. The number of aryl methyl sites for hydroxylation is 3. The summed E-state index contributed by atoms with van der Waals surface area (Å²) in [5.74, 6) is 3.63. The molecule has 1 amide bonds. The van der Waals surface area contributed by atoms with Gasteiger partial charge in [-0.3, -0.25) is 9.48 Å². The van der Waals surface area contributed by atoms with Gasteiger partial charge in [-0.25, -0.2) is 0 Å². The Bertz CT molecular complexity index is 677. The van der Waals surface area contributed by atoms with Gasteiger partial charge in [0.15, 0.2) is 0 Å². The van der Waals surface area contributed by atoms with E-state index in [0.717, 1.165) is 35.3 Å². The summed E-state index contributed by atoms with van der Waals surface area (Å²) >= 11 is 1.86. The Morgan fingerprint density at radius 1 is 1.45 bits per heavy atom. The second kappa shape index (κ2) is 6.20. The Hall–Kier alpha value is -1.69. The third-order valence-corrected chi connectivity index (χ3v) is 4.92. The van der Waals surface area contributed by atoms with Gasteiger partial charge < -0.3 is 9.32 Å². The van der Waals surface area contributed by atoms with Crippen molar-refractivity contribution < 1.29 is 9.21 Å². The van der Waals surface area contributed by atoms with E-state index in [9.17, 15) is 4.79 Å². The Morgan fingerprint density at radius 2 is 2.27 bits per heavy atom. The van der Waals surface area contributed by atoms with Gasteiger partial charge >= 0.3 is 0 Å². The molecule has 0 spiro atoms. The number of nitrogens with zero attached hydrogens (tertiary/aromatic N) is 3. The van der Waals surface area contributed by atoms with Crippen molar-refractivity contribution >= 4 is 17.7 Å². The zero-order valence-corrected chi connectivity index (χ0v) is 14.0. The van der Waals surface area contributed by atoms with E-state index in [4.69, 9.17) is 4.42 Å². The minimum absolute atomic E-state index is 0.000428. The van der Waals surface area contributed by atoms with Crippen LogP contribution in [-0.2, 0) is 6.54 Å². The third kappa shape index (κ3) is 2.79. The van der Waals surface area contributed by atoms with Crippen LogP contribution in [0.2, 0.25) is 0 Å². The van der Waals surface area contributed by atoms with E-state index < -0.39 is 0 Å². The van der Waals surface area contributed by atoms with Gasteiger partial charge in [-0.05, 0) is 39.0 Å². The predicted molar refractivity (Wildman–Crippen MR) is 87.2 cm³/mol. The quantitative estimate of drug-likeness (QED) is 0.872. The zero-order valence-electron chi connectivity index (χ0n) is 13.2. The first-order valence-corrected chi connectivity index (χ1v) is 8.75. The second-order valence-corrected chi connectivity index (χ2v) is 6.67. The maximum atomic E-state index is 13.0. The smallest absolute Gasteiger partial charge is 0.272 e. The van der Waals surface area contributed by atoms with Gasteiger partial charge in [-0.2, -0.15) is 16.9 Å². The molecule has 1 aliphatic heterocycles. The van der Waals surface area contributed by atoms with Gasteiger partial charge in [0.25, 0.3) is 5.91 Å². The van der Waals surface area contributed by atoms with Crippen LogP contribution in [-0.4, -0.2) is 38.6 Å². The number of hydrogen-bond acceptors (Lipinski definition) is 4. The summed E-state index contributed by atoms with van der Waals surface area (Å²) in [4.78, 5) is 14.9. The Balaban J connectivity index is 1.91. The highest BCUT2D eigenvalue weighted by Gasteiger charge is 2.32. The first kappa shape index (κ1) is 15.2. The molecule has 5 nitrogen and oxygen atoms in total. The van der Waals surface area contributed by atoms with E-state index in [0.29, 0.717) is 12.2 Å². The minimum atomic E-state index is 0.000428. The molecule has 3 rings (SSSR count). The molecule has 0 bridgehead atoms. The van der Waals surface area contributed by atoms with Crippen molar-refractivity contribution in [3.05, 3.63) is 41.1 Å². The van der Waals surface area contributed by atoms with Crippen LogP contribution < -0.4 is 0 Å². The lowest BCUT2D eigenvalue weighted by Crippen LogP contribution is -2.41. The SMILES string of the molecule is CCn1nc(C)cc1C(=O)N1CCSCC1c1ccc(C)o1. The van der Waals surface area contributed by atoms with Gasteiger partial charge in [0.2, 0.25) is 0 Å². The van der Waals surface area contributed by atoms with Crippen molar-refractivity contribution in [3.63, 3.8) is 0 Å². The fourth-order valence-corrected chi connectivity index (χ4v) is 3.88. The molecule has 2 aromatic heterocycles. The highest BCUT2D eigenvalue weighted by Crippen LogP contribution is 2.31. The summed E-state index contributed by atoms with van der Waals surface area (Å²) in [6, 6.07) is 5.81. The lowest BCUT2D eigenvalue weighted by Gasteiger charge is -2.34. The minimum Gasteiger partial charge on any atom is -0.464 e. The molecule has 0 aromatic carbocycles. The Labute approximate surface area is 134 Å². The monoisotopic (exact) mass is 319 g/mol. The van der Waals surface area contributed by atoms with Crippen molar-refractivity contribution in [2.75, 3.05) is 18.1 Å². The molecular weight excluding hydrogens is 298 g/mol. The number of amides is 1. The summed E-state index contributed by atoms with van der Waals surface area (Å²) < 4.78 is 7.55. The molecule has 6 heteroatoms. The molecule has 2 aromatic rings. The molecule has 1 unspecified atom stereocenters. The lowest BCUT2D eigenvalue weighted by atomic mass is 10.2. The van der Waals surface area contributed by atoms with Crippen LogP contribution in [0.4, 0.5) is 0 Å². The number of aromatic nitrogens is 2. The van der Waals surface area contributed by atoms with Crippen LogP contribution in [0.1, 0.15) is 40.7 Å². The van der Waals surface area contributed by atoms with Crippen LogP contribution in [0.5, 0.6) is 0 Å². The fraction of sp³-hybridized carbons (Fsp3) is 0.500. The molecule has 0 N–H and O–H groups in total. The Morgan fingerprint density at radius 3 is 2.95 bits per heavy atom. The van der Waals surface area contributed by atoms with Gasteiger partial charge in [-0.15, -0.1) is 0 Å². The van der Waals surface area contributed by atoms with E-state index >= 15 is 0 Å². The summed E-state index contributed by atoms with van der Waals surface area (Å²) in [5.41, 5.74) is 1.54. The van der Waals surface area contributed by atoms with Crippen molar-refractivity contribution in [1.29, 1.82) is 0 Å². The van der Waals surface area contributed by atoms with Crippen LogP contribution in [0.3, 0.4) is 0 Å². The number of carbonyl (C=O) groups is 1. The summed E-state index contributed by atoms with van der Waals surface area (Å²) in [5, 5.41) is 4.39. The molecule has 22 heavy (non-hydrogen) atoms. The summed E-state index contributed by atoms with van der Waals surface area (Å²) in [6.45, 7) is 7.29. The van der Waals surface area contributed by atoms with Gasteiger partial charge in [-0.1, -0.05) is 0 Å². The van der Waals surface area contributed by atoms with E-state index in [1.54, 1.807) is 4.68 Å². The molecule has 3 heterocycles. The number of carbonyl (C=O) groups excluding carboxylic acids is 1. The van der Waals surface area contributed by atoms with E-state index in [1.807, 2.05) is 55.6 Å². The van der Waals surface area contributed by atoms with Gasteiger partial charge in [0.05, 0.1) is 11.7 Å². The van der Waals surface area contributed by atoms with Crippen LogP contribution in [0.25, 0.3) is 0 Å². The average molecular weight is 319 g/mol. The van der Waals surface area contributed by atoms with E-state index in [2.05, 4.69) is 5.10 Å². The predicted octanol–water partition coefficient (Wildman–Crippen LogP) is 3.04. The summed E-state index contributed by atoms with van der Waals surface area (Å²) in [6.07, 6.45) is 0. The molecule has 0 aliphatic carbocycles. The van der Waals surface area contributed by atoms with Crippen molar-refractivity contribution in [3.8, 4) is 0 Å². The molecule has 1 aliphatic rings. The van der Waals surface area contributed by atoms with E-state index in [1.165, 1.54) is 0 Å². The largest absolute Gasteiger partial charge is 0.464 e. The normalized spacial score (nSPS) is 18.7. The fourth-order valence-electron chi connectivity index (χ4n) is 2.82. The number of furan rings is 1. The maximum absolute atomic E-state index is 13.0. The van der Waals surface area contributed by atoms with Gasteiger partial charge in [0, 0.05) is 24.6 Å². The highest BCUT2D eigenvalue weighted by molar-refractivity contribution is 7.99. The average Bonchev–Trinajstić information content (AvgIpc) is 3.12. The molecular formula is C16H21N3O2S. The Kier molecular flexibility index (Phi) is 4.29. The van der Waals surface area contributed by atoms with Crippen molar-refractivity contribution in [2.24, 2.45) is 0 Å². The standard InChI is InChI=1S/C16H21N3O2S/c1-4-19-13(9-11(2)17-19)16(20)18-7-8-22-10-14(18)15-6-5-12(3)21-15/h5-6,9,14H,4,7-8,10H2,1-3H3. The lowest BCUT2D eigenvalue weighted by molar-refractivity contribution is 0.0668. The molecule has 0 radical (unpaired) electrons. The van der Waals surface area contributed by atoms with Crippen molar-refractivity contribution in [2.45, 2.75) is 33.4 Å². The van der Waals surface area contributed by atoms with E-state index in [-0.39, 0.29) is 11.9 Å². The zero-order chi connectivity index (χ0) is 15.7. The van der Waals surface area contributed by atoms with Gasteiger partial charge in [0.1, 0.15) is 17.2 Å². The first-order chi connectivity index (χ1) is 10.6. The first-order valence-electron chi connectivity index (χ1n) is 7.59. The molecule has 1 atom stereocenters. The second-order valence-electron chi connectivity index (χ2n) is 5.52. The molecule has 0 saturated carbocycles. The third-order valence-electron chi connectivity index (χ3n) is 3.90. The van der Waals surface area contributed by atoms with Crippen LogP contribution in [0.15, 0.2) is 22.6 Å². The molecule has 1 fully saturated rings. The summed E-state index contributed by atoms with van der Waals surface area (Å²) in [7, 11) is 0. The number of rotatable bonds is 3. The topological polar surface area (TPSA) is 51.3 Å². The van der Waals surface area contributed by atoms with Crippen LogP contribution >= 0.6 is 11.8 Å². The number of thioether (sulfide) groups is 1. The highest BCUT2D eigenvalue weighted by atomic mass is 32.2. The van der Waals surface area contributed by atoms with Crippen molar-refractivity contribution in [1.82, 2.24) is 14.7 Å².